The second kappa shape index (κ2) is 13.6. The number of hydrogen-bond acceptors (Lipinski definition) is 5. The molecule has 212 valence electrons. The van der Waals surface area contributed by atoms with Crippen LogP contribution in [0.15, 0.2) is 42.5 Å². The molecule has 2 aliphatic rings. The summed E-state index contributed by atoms with van der Waals surface area (Å²) in [4.78, 5) is 29.3. The number of likely N-dealkylation sites (tertiary alicyclic amines) is 1. The minimum atomic E-state index is -0.738. The monoisotopic (exact) mass is 555 g/mol. The Morgan fingerprint density at radius 3 is 2.46 bits per heavy atom. The van der Waals surface area contributed by atoms with Crippen molar-refractivity contribution in [2.75, 3.05) is 45.9 Å². The number of halogens is 1. The fourth-order valence-electron chi connectivity index (χ4n) is 5.66. The fraction of sp³-hybridized carbons (Fsp3) is 0.548. The van der Waals surface area contributed by atoms with E-state index in [1.807, 2.05) is 36.9 Å². The van der Waals surface area contributed by atoms with Gasteiger partial charge in [-0.1, -0.05) is 41.9 Å². The smallest absolute Gasteiger partial charge is 0.225 e. The van der Waals surface area contributed by atoms with Crippen LogP contribution in [0.3, 0.4) is 0 Å². The minimum absolute atomic E-state index is 0.0217. The van der Waals surface area contributed by atoms with Crippen LogP contribution in [0.4, 0.5) is 0 Å². The first-order chi connectivity index (χ1) is 18.7. The number of carbonyl (C=O) groups excluding carboxylic acids is 2. The Kier molecular flexibility index (Phi) is 10.3. The van der Waals surface area contributed by atoms with E-state index in [0.717, 1.165) is 60.7 Å². The van der Waals surface area contributed by atoms with Crippen LogP contribution in [-0.4, -0.2) is 79.2 Å². The first kappa shape index (κ1) is 29.4. The number of hydrogen-bond donors (Lipinski definition) is 1. The van der Waals surface area contributed by atoms with Crippen molar-refractivity contribution in [3.05, 3.63) is 64.2 Å². The van der Waals surface area contributed by atoms with Gasteiger partial charge in [0, 0.05) is 44.2 Å². The van der Waals surface area contributed by atoms with Crippen LogP contribution in [0.2, 0.25) is 5.02 Å². The summed E-state index contributed by atoms with van der Waals surface area (Å²) in [5.74, 6) is 0.795. The molecule has 2 aromatic carbocycles. The number of ether oxygens (including phenoxy) is 2. The summed E-state index contributed by atoms with van der Waals surface area (Å²) < 4.78 is 12.7. The lowest BCUT2D eigenvalue weighted by atomic mass is 9.95. The van der Waals surface area contributed by atoms with E-state index in [4.69, 9.17) is 21.1 Å². The van der Waals surface area contributed by atoms with Crippen molar-refractivity contribution in [1.29, 1.82) is 0 Å². The van der Waals surface area contributed by atoms with Crippen molar-refractivity contribution in [2.45, 2.75) is 64.5 Å². The number of nitrogens with zero attached hydrogens (tertiary/aromatic N) is 2. The van der Waals surface area contributed by atoms with E-state index < -0.39 is 5.60 Å². The number of benzene rings is 2. The number of amides is 2. The lowest BCUT2D eigenvalue weighted by molar-refractivity contribution is -0.156. The summed E-state index contributed by atoms with van der Waals surface area (Å²) in [6, 6.07) is 14.6. The van der Waals surface area contributed by atoms with Gasteiger partial charge >= 0.3 is 0 Å². The average Bonchev–Trinajstić information content (AvgIpc) is 2.91. The van der Waals surface area contributed by atoms with Crippen molar-refractivity contribution in [3.8, 4) is 5.75 Å². The molecule has 0 bridgehead atoms. The molecule has 0 saturated carbocycles. The Bertz CT molecular complexity index is 1100. The van der Waals surface area contributed by atoms with Crippen LogP contribution in [0.25, 0.3) is 0 Å². The Morgan fingerprint density at radius 1 is 1.10 bits per heavy atom. The van der Waals surface area contributed by atoms with Gasteiger partial charge in [-0.25, -0.2) is 0 Å². The average molecular weight is 556 g/mol. The van der Waals surface area contributed by atoms with Crippen LogP contribution >= 0.6 is 11.6 Å². The number of morpholine rings is 1. The van der Waals surface area contributed by atoms with E-state index in [9.17, 15) is 9.59 Å². The Hall–Kier alpha value is -2.61. The number of piperidine rings is 1. The van der Waals surface area contributed by atoms with Crippen molar-refractivity contribution in [2.24, 2.45) is 0 Å². The summed E-state index contributed by atoms with van der Waals surface area (Å²) in [7, 11) is 0. The first-order valence-electron chi connectivity index (χ1n) is 14.1. The van der Waals surface area contributed by atoms with Crippen LogP contribution in [-0.2, 0) is 20.7 Å². The first-order valence-corrected chi connectivity index (χ1v) is 14.5. The van der Waals surface area contributed by atoms with E-state index in [1.165, 1.54) is 12.5 Å². The minimum Gasteiger partial charge on any atom is -0.490 e. The van der Waals surface area contributed by atoms with Gasteiger partial charge in [-0.3, -0.25) is 14.5 Å². The van der Waals surface area contributed by atoms with E-state index in [0.29, 0.717) is 26.2 Å². The number of rotatable bonds is 10. The number of aryl methyl sites for hydroxylation is 3. The van der Waals surface area contributed by atoms with E-state index in [1.54, 1.807) is 0 Å². The van der Waals surface area contributed by atoms with Gasteiger partial charge in [-0.2, -0.15) is 0 Å². The lowest BCUT2D eigenvalue weighted by Gasteiger charge is -2.43. The summed E-state index contributed by atoms with van der Waals surface area (Å²) >= 11 is 6.37. The second-order valence-electron chi connectivity index (χ2n) is 11.1. The van der Waals surface area contributed by atoms with Gasteiger partial charge in [-0.15, -0.1) is 0 Å². The highest BCUT2D eigenvalue weighted by Gasteiger charge is 2.41. The third-order valence-electron chi connectivity index (χ3n) is 7.75. The van der Waals surface area contributed by atoms with Crippen molar-refractivity contribution in [1.82, 2.24) is 15.1 Å². The van der Waals surface area contributed by atoms with Gasteiger partial charge in [0.25, 0.3) is 0 Å². The molecule has 2 fully saturated rings. The third-order valence-corrected chi connectivity index (χ3v) is 8.35. The highest BCUT2D eigenvalue weighted by Crippen LogP contribution is 2.29. The summed E-state index contributed by atoms with van der Waals surface area (Å²) in [5.41, 5.74) is 2.53. The largest absolute Gasteiger partial charge is 0.490 e. The summed E-state index contributed by atoms with van der Waals surface area (Å²) in [6.07, 6.45) is 3.86. The standard InChI is InChI=1S/C31H42ClN3O4/c1-23-18-28(19-24(2)30(23)32)38-22-31(20-29(37)35-14-11-27(12-15-35)33-25(3)36)21-34(16-17-39-31)13-7-10-26-8-5-4-6-9-26/h4-6,8-9,18-19,27H,7,10-17,20-22H2,1-3H3,(H,33,36). The molecular weight excluding hydrogens is 514 g/mol. The zero-order valence-corrected chi connectivity index (χ0v) is 24.3. The predicted molar refractivity (Wildman–Crippen MR) is 154 cm³/mol. The van der Waals surface area contributed by atoms with E-state index in [2.05, 4.69) is 34.5 Å². The maximum absolute atomic E-state index is 13.5. The topological polar surface area (TPSA) is 71.1 Å². The van der Waals surface area contributed by atoms with E-state index >= 15 is 0 Å². The zero-order chi connectivity index (χ0) is 27.8. The molecule has 39 heavy (non-hydrogen) atoms. The van der Waals surface area contributed by atoms with Gasteiger partial charge in [0.2, 0.25) is 11.8 Å². The SMILES string of the molecule is CC(=O)NC1CCN(C(=O)CC2(COc3cc(C)c(Cl)c(C)c3)CN(CCCc3ccccc3)CCO2)CC1. The molecule has 4 rings (SSSR count). The maximum Gasteiger partial charge on any atom is 0.225 e. The highest BCUT2D eigenvalue weighted by atomic mass is 35.5. The molecule has 1 unspecified atom stereocenters. The predicted octanol–water partition coefficient (Wildman–Crippen LogP) is 4.56. The fourth-order valence-corrected chi connectivity index (χ4v) is 5.77. The van der Waals surface area contributed by atoms with Gasteiger partial charge in [0.15, 0.2) is 0 Å². The zero-order valence-electron chi connectivity index (χ0n) is 23.5. The molecule has 2 saturated heterocycles. The van der Waals surface area contributed by atoms with Crippen molar-refractivity contribution in [3.63, 3.8) is 0 Å². The molecule has 2 amide bonds. The van der Waals surface area contributed by atoms with Crippen LogP contribution in [0.1, 0.15) is 49.3 Å². The van der Waals surface area contributed by atoms with Crippen LogP contribution in [0.5, 0.6) is 5.75 Å². The maximum atomic E-state index is 13.5. The van der Waals surface area contributed by atoms with Crippen molar-refractivity contribution < 1.29 is 19.1 Å². The lowest BCUT2D eigenvalue weighted by Crippen LogP contribution is -2.58. The van der Waals surface area contributed by atoms with Gasteiger partial charge in [-0.05, 0) is 74.9 Å². The molecule has 8 heteroatoms. The van der Waals surface area contributed by atoms with Crippen molar-refractivity contribution >= 4 is 23.4 Å². The molecule has 1 N–H and O–H groups in total. The molecule has 0 spiro atoms. The third kappa shape index (κ3) is 8.44. The molecule has 2 aliphatic heterocycles. The summed E-state index contributed by atoms with van der Waals surface area (Å²) in [6.45, 7) is 10.0. The Balaban J connectivity index is 1.42. The van der Waals surface area contributed by atoms with Crippen LogP contribution < -0.4 is 10.1 Å². The molecule has 2 heterocycles. The molecule has 0 radical (unpaired) electrons. The van der Waals surface area contributed by atoms with E-state index in [-0.39, 0.29) is 30.9 Å². The Labute approximate surface area is 237 Å². The molecular formula is C31H42ClN3O4. The molecule has 0 aliphatic carbocycles. The Morgan fingerprint density at radius 2 is 1.79 bits per heavy atom. The number of nitrogens with one attached hydrogen (secondary N) is 1. The summed E-state index contributed by atoms with van der Waals surface area (Å²) in [5, 5.41) is 3.72. The highest BCUT2D eigenvalue weighted by molar-refractivity contribution is 6.32. The molecule has 2 aromatic rings. The number of carbonyl (C=O) groups is 2. The normalized spacial score (nSPS) is 20.6. The molecule has 7 nitrogen and oxygen atoms in total. The van der Waals surface area contributed by atoms with Gasteiger partial charge in [0.1, 0.15) is 18.0 Å². The van der Waals surface area contributed by atoms with Crippen LogP contribution in [0, 0.1) is 13.8 Å². The quantitative estimate of drug-likeness (QED) is 0.465. The molecule has 0 aromatic heterocycles. The second-order valence-corrected chi connectivity index (χ2v) is 11.5. The van der Waals surface area contributed by atoms with Gasteiger partial charge in [0.05, 0.1) is 13.0 Å². The van der Waals surface area contributed by atoms with Gasteiger partial charge < -0.3 is 19.7 Å². The molecule has 1 atom stereocenters.